The highest BCUT2D eigenvalue weighted by Gasteiger charge is 2.19. The quantitative estimate of drug-likeness (QED) is 0.689. The molecule has 27 heavy (non-hydrogen) atoms. The summed E-state index contributed by atoms with van der Waals surface area (Å²) in [6.45, 7) is 6.67. The van der Waals surface area contributed by atoms with E-state index in [9.17, 15) is 4.79 Å². The molecule has 0 aliphatic carbocycles. The average Bonchev–Trinajstić information content (AvgIpc) is 3.35. The van der Waals surface area contributed by atoms with Gasteiger partial charge in [-0.15, -0.1) is 0 Å². The molecule has 3 rings (SSSR count). The van der Waals surface area contributed by atoms with Gasteiger partial charge in [-0.2, -0.15) is 10.1 Å². The number of nitrogens with one attached hydrogen (secondary N) is 1. The van der Waals surface area contributed by atoms with Crippen LogP contribution in [0.3, 0.4) is 0 Å². The molecule has 0 bridgehead atoms. The fourth-order valence-corrected chi connectivity index (χ4v) is 2.77. The second-order valence-corrected chi connectivity index (χ2v) is 6.15. The van der Waals surface area contributed by atoms with E-state index in [0.717, 1.165) is 5.56 Å². The minimum Gasteiger partial charge on any atom is -0.337 e. The Bertz CT molecular complexity index is 873. The molecule has 0 aliphatic rings. The van der Waals surface area contributed by atoms with Crippen LogP contribution < -0.4 is 5.32 Å². The second-order valence-electron chi connectivity index (χ2n) is 6.15. The average molecular weight is 368 g/mol. The molecule has 0 fully saturated rings. The number of benzene rings is 1. The van der Waals surface area contributed by atoms with E-state index in [1.807, 2.05) is 51.1 Å². The van der Waals surface area contributed by atoms with Gasteiger partial charge in [0.05, 0.1) is 12.2 Å². The maximum absolute atomic E-state index is 12.7. The smallest absolute Gasteiger partial charge is 0.323 e. The van der Waals surface area contributed by atoms with E-state index in [1.54, 1.807) is 21.8 Å². The Labute approximate surface area is 158 Å². The van der Waals surface area contributed by atoms with Crippen LogP contribution in [-0.4, -0.2) is 37.4 Å². The number of carbonyl (C=O) groups excluding carboxylic acids is 1. The Hall–Kier alpha value is -3.16. The highest BCUT2D eigenvalue weighted by atomic mass is 16.5. The van der Waals surface area contributed by atoms with Crippen molar-refractivity contribution >= 4 is 11.8 Å². The van der Waals surface area contributed by atoms with Gasteiger partial charge >= 0.3 is 6.03 Å². The summed E-state index contributed by atoms with van der Waals surface area (Å²) in [6.07, 6.45) is 2.37. The predicted octanol–water partition coefficient (Wildman–Crippen LogP) is 3.49. The van der Waals surface area contributed by atoms with Gasteiger partial charge < -0.3 is 9.42 Å². The van der Waals surface area contributed by atoms with Gasteiger partial charge in [-0.25, -0.2) is 9.48 Å². The SMILES string of the molecule is CCc1noc(CN(CC)C(=O)Nc2ccnn2[C@@H](C)c2ccccc2)n1. The molecule has 2 heterocycles. The summed E-state index contributed by atoms with van der Waals surface area (Å²) in [4.78, 5) is 18.6. The molecule has 0 spiro atoms. The predicted molar refractivity (Wildman–Crippen MR) is 101 cm³/mol. The maximum Gasteiger partial charge on any atom is 0.323 e. The fraction of sp³-hybridized carbons (Fsp3) is 0.368. The van der Waals surface area contributed by atoms with Crippen molar-refractivity contribution in [2.75, 3.05) is 11.9 Å². The molecule has 8 nitrogen and oxygen atoms in total. The molecule has 1 N–H and O–H groups in total. The lowest BCUT2D eigenvalue weighted by Gasteiger charge is -2.21. The Balaban J connectivity index is 1.71. The topological polar surface area (TPSA) is 89.1 Å². The van der Waals surface area contributed by atoms with E-state index < -0.39 is 0 Å². The number of rotatable bonds is 7. The summed E-state index contributed by atoms with van der Waals surface area (Å²) in [5.41, 5.74) is 1.11. The zero-order valence-corrected chi connectivity index (χ0v) is 15.8. The standard InChI is InChI=1S/C19H24N6O2/c1-4-16-21-18(27-23-16)13-24(5-2)19(26)22-17-11-12-20-25(17)14(3)15-9-7-6-8-10-15/h6-12,14H,4-5,13H2,1-3H3,(H,22,26)/t14-/m0/s1. The van der Waals surface area contributed by atoms with Crippen LogP contribution in [-0.2, 0) is 13.0 Å². The minimum absolute atomic E-state index is 0.00497. The van der Waals surface area contributed by atoms with Gasteiger partial charge in [-0.3, -0.25) is 5.32 Å². The van der Waals surface area contributed by atoms with E-state index >= 15 is 0 Å². The van der Waals surface area contributed by atoms with E-state index in [0.29, 0.717) is 30.5 Å². The number of carbonyl (C=O) groups is 1. The van der Waals surface area contributed by atoms with Crippen molar-refractivity contribution in [3.63, 3.8) is 0 Å². The van der Waals surface area contributed by atoms with Gasteiger partial charge in [0.25, 0.3) is 0 Å². The summed E-state index contributed by atoms with van der Waals surface area (Å²) < 4.78 is 6.99. The van der Waals surface area contributed by atoms with Gasteiger partial charge in [-0.1, -0.05) is 42.4 Å². The first-order valence-electron chi connectivity index (χ1n) is 9.08. The van der Waals surface area contributed by atoms with Crippen LogP contribution in [0, 0.1) is 0 Å². The van der Waals surface area contributed by atoms with Crippen LogP contribution in [0.1, 0.15) is 44.1 Å². The summed E-state index contributed by atoms with van der Waals surface area (Å²) in [6, 6.07) is 11.6. The molecule has 8 heteroatoms. The molecule has 2 amide bonds. The maximum atomic E-state index is 12.7. The van der Waals surface area contributed by atoms with Crippen molar-refractivity contribution in [2.24, 2.45) is 0 Å². The first-order chi connectivity index (χ1) is 13.1. The van der Waals surface area contributed by atoms with Crippen LogP contribution >= 0.6 is 0 Å². The van der Waals surface area contributed by atoms with Crippen molar-refractivity contribution in [1.82, 2.24) is 24.8 Å². The monoisotopic (exact) mass is 368 g/mol. The van der Waals surface area contributed by atoms with Crippen molar-refractivity contribution in [3.8, 4) is 0 Å². The van der Waals surface area contributed by atoms with Gasteiger partial charge in [0.2, 0.25) is 5.89 Å². The number of nitrogens with zero attached hydrogens (tertiary/aromatic N) is 5. The number of aryl methyl sites for hydroxylation is 1. The van der Waals surface area contributed by atoms with Crippen LogP contribution in [0.4, 0.5) is 10.6 Å². The van der Waals surface area contributed by atoms with Gasteiger partial charge in [0, 0.05) is 19.0 Å². The lowest BCUT2D eigenvalue weighted by Crippen LogP contribution is -2.35. The number of hydrogen-bond acceptors (Lipinski definition) is 5. The highest BCUT2D eigenvalue weighted by Crippen LogP contribution is 2.21. The Morgan fingerprint density at radius 3 is 2.70 bits per heavy atom. The molecule has 3 aromatic rings. The third kappa shape index (κ3) is 4.33. The van der Waals surface area contributed by atoms with E-state index in [-0.39, 0.29) is 18.6 Å². The molecule has 0 radical (unpaired) electrons. The lowest BCUT2D eigenvalue weighted by atomic mass is 10.1. The number of urea groups is 1. The summed E-state index contributed by atoms with van der Waals surface area (Å²) in [7, 11) is 0. The van der Waals surface area contributed by atoms with Crippen molar-refractivity contribution in [1.29, 1.82) is 0 Å². The number of anilines is 1. The number of amides is 2. The largest absolute Gasteiger partial charge is 0.337 e. The Kier molecular flexibility index (Phi) is 5.85. The molecule has 0 aliphatic heterocycles. The van der Waals surface area contributed by atoms with Crippen molar-refractivity contribution in [3.05, 3.63) is 59.9 Å². The first-order valence-corrected chi connectivity index (χ1v) is 9.08. The van der Waals surface area contributed by atoms with Gasteiger partial charge in [-0.05, 0) is 19.4 Å². The minimum atomic E-state index is -0.240. The normalized spacial score (nSPS) is 12.0. The molecule has 142 valence electrons. The van der Waals surface area contributed by atoms with Crippen LogP contribution in [0.15, 0.2) is 47.1 Å². The van der Waals surface area contributed by atoms with Gasteiger partial charge in [0.1, 0.15) is 12.4 Å². The summed E-state index contributed by atoms with van der Waals surface area (Å²) in [5, 5.41) is 11.2. The Morgan fingerprint density at radius 2 is 2.04 bits per heavy atom. The molecule has 1 aromatic carbocycles. The van der Waals surface area contributed by atoms with Crippen molar-refractivity contribution in [2.45, 2.75) is 39.8 Å². The molecule has 0 unspecified atom stereocenters. The van der Waals surface area contributed by atoms with Crippen LogP contribution in [0.25, 0.3) is 0 Å². The molecule has 0 saturated heterocycles. The molecular formula is C19H24N6O2. The van der Waals surface area contributed by atoms with Crippen molar-refractivity contribution < 1.29 is 9.32 Å². The van der Waals surface area contributed by atoms with E-state index in [2.05, 4.69) is 20.6 Å². The third-order valence-corrected chi connectivity index (χ3v) is 4.38. The zero-order chi connectivity index (χ0) is 19.2. The lowest BCUT2D eigenvalue weighted by molar-refractivity contribution is 0.203. The Morgan fingerprint density at radius 1 is 1.26 bits per heavy atom. The van der Waals surface area contributed by atoms with Crippen LogP contribution in [0.2, 0.25) is 0 Å². The fourth-order valence-electron chi connectivity index (χ4n) is 2.77. The zero-order valence-electron chi connectivity index (χ0n) is 15.8. The van der Waals surface area contributed by atoms with E-state index in [4.69, 9.17) is 4.52 Å². The van der Waals surface area contributed by atoms with Gasteiger partial charge in [0.15, 0.2) is 5.82 Å². The van der Waals surface area contributed by atoms with Crippen LogP contribution in [0.5, 0.6) is 0 Å². The molecular weight excluding hydrogens is 344 g/mol. The summed E-state index contributed by atoms with van der Waals surface area (Å²) in [5.74, 6) is 1.70. The number of hydrogen-bond donors (Lipinski definition) is 1. The summed E-state index contributed by atoms with van der Waals surface area (Å²) >= 11 is 0. The molecule has 0 saturated carbocycles. The third-order valence-electron chi connectivity index (χ3n) is 4.38. The highest BCUT2D eigenvalue weighted by molar-refractivity contribution is 5.88. The van der Waals surface area contributed by atoms with E-state index in [1.165, 1.54) is 0 Å². The molecule has 2 aromatic heterocycles. The first kappa shape index (κ1) is 18.6. The second kappa shape index (κ2) is 8.48. The number of aromatic nitrogens is 4. The molecule has 1 atom stereocenters.